The van der Waals surface area contributed by atoms with E-state index in [-0.39, 0.29) is 0 Å². The second kappa shape index (κ2) is 10.6. The van der Waals surface area contributed by atoms with E-state index in [4.69, 9.17) is 0 Å². The Bertz CT molecular complexity index is 162. The van der Waals surface area contributed by atoms with E-state index < -0.39 is 10.8 Å². The van der Waals surface area contributed by atoms with Crippen LogP contribution in [0.25, 0.3) is 0 Å². The normalized spacial score (nSPS) is 15.1. The van der Waals surface area contributed by atoms with Crippen LogP contribution >= 0.6 is 0 Å². The third-order valence-corrected chi connectivity index (χ3v) is 4.03. The number of hydrogen-bond donors (Lipinski definition) is 1. The number of hydrogen-bond acceptors (Lipinski definition) is 2. The lowest BCUT2D eigenvalue weighted by Gasteiger charge is -2.11. The monoisotopic (exact) mass is 233 g/mol. The van der Waals surface area contributed by atoms with Gasteiger partial charge in [-0.05, 0) is 32.7 Å². The molecule has 0 aliphatic rings. The topological polar surface area (TPSA) is 29.1 Å². The Kier molecular flexibility index (Phi) is 10.7. The third-order valence-electron chi connectivity index (χ3n) is 2.54. The highest BCUT2D eigenvalue weighted by Crippen LogP contribution is 2.02. The van der Waals surface area contributed by atoms with E-state index in [1.807, 2.05) is 0 Å². The van der Waals surface area contributed by atoms with E-state index in [0.29, 0.717) is 6.04 Å². The Hall–Kier alpha value is 0.110. The molecule has 1 N–H and O–H groups in total. The Morgan fingerprint density at radius 1 is 1.13 bits per heavy atom. The molecule has 2 unspecified atom stereocenters. The molecule has 0 aliphatic carbocycles. The molecule has 2 atom stereocenters. The van der Waals surface area contributed by atoms with Crippen LogP contribution in [0.2, 0.25) is 0 Å². The van der Waals surface area contributed by atoms with Crippen molar-refractivity contribution in [3.8, 4) is 0 Å². The molecule has 0 rings (SSSR count). The molecule has 0 bridgehead atoms. The molecule has 0 heterocycles. The van der Waals surface area contributed by atoms with Crippen molar-refractivity contribution in [3.63, 3.8) is 0 Å². The molecule has 92 valence electrons. The van der Waals surface area contributed by atoms with Crippen LogP contribution in [0.15, 0.2) is 0 Å². The molecule has 0 aromatic rings. The summed E-state index contributed by atoms with van der Waals surface area (Å²) in [5, 5.41) is 3.39. The van der Waals surface area contributed by atoms with Crippen molar-refractivity contribution < 1.29 is 4.21 Å². The van der Waals surface area contributed by atoms with Crippen LogP contribution in [0.1, 0.15) is 52.9 Å². The van der Waals surface area contributed by atoms with Crippen LogP contribution in [-0.2, 0) is 10.8 Å². The highest BCUT2D eigenvalue weighted by molar-refractivity contribution is 7.84. The van der Waals surface area contributed by atoms with E-state index in [2.05, 4.69) is 26.1 Å². The van der Waals surface area contributed by atoms with Gasteiger partial charge in [0.2, 0.25) is 0 Å². The van der Waals surface area contributed by atoms with Gasteiger partial charge in [0.25, 0.3) is 0 Å². The van der Waals surface area contributed by atoms with Gasteiger partial charge in [0.15, 0.2) is 0 Å². The van der Waals surface area contributed by atoms with Crippen LogP contribution in [0.4, 0.5) is 0 Å². The van der Waals surface area contributed by atoms with Gasteiger partial charge in [-0.3, -0.25) is 4.21 Å². The summed E-state index contributed by atoms with van der Waals surface area (Å²) in [6.45, 7) is 7.55. The molecule has 2 nitrogen and oxygen atoms in total. The third kappa shape index (κ3) is 10.4. The van der Waals surface area contributed by atoms with Gasteiger partial charge < -0.3 is 5.32 Å². The van der Waals surface area contributed by atoms with Gasteiger partial charge >= 0.3 is 0 Å². The van der Waals surface area contributed by atoms with Crippen LogP contribution in [0.3, 0.4) is 0 Å². The minimum absolute atomic E-state index is 0.559. The van der Waals surface area contributed by atoms with Gasteiger partial charge in [0.05, 0.1) is 0 Å². The molecular formula is C12H27NOS. The molecule has 0 spiro atoms. The Labute approximate surface area is 97.7 Å². The smallest absolute Gasteiger partial charge is 0.0234 e. The number of unbranched alkanes of at least 4 members (excludes halogenated alkanes) is 2. The lowest BCUT2D eigenvalue weighted by Crippen LogP contribution is -2.25. The van der Waals surface area contributed by atoms with Gasteiger partial charge in [0.1, 0.15) is 0 Å². The maximum Gasteiger partial charge on any atom is 0.0234 e. The molecule has 0 saturated heterocycles. The van der Waals surface area contributed by atoms with Crippen molar-refractivity contribution in [2.24, 2.45) is 0 Å². The largest absolute Gasteiger partial charge is 0.315 e. The summed E-state index contributed by atoms with van der Waals surface area (Å²) in [7, 11) is -0.559. The molecule has 0 aromatic carbocycles. The van der Waals surface area contributed by atoms with Crippen molar-refractivity contribution in [2.45, 2.75) is 58.9 Å². The highest BCUT2D eigenvalue weighted by Gasteiger charge is 2.01. The molecule has 0 saturated carbocycles. The minimum atomic E-state index is -0.559. The quantitative estimate of drug-likeness (QED) is 0.588. The average Bonchev–Trinajstić information content (AvgIpc) is 2.22. The maximum absolute atomic E-state index is 11.5. The fourth-order valence-electron chi connectivity index (χ4n) is 1.57. The zero-order chi connectivity index (χ0) is 11.5. The zero-order valence-electron chi connectivity index (χ0n) is 10.6. The van der Waals surface area contributed by atoms with E-state index >= 15 is 0 Å². The minimum Gasteiger partial charge on any atom is -0.315 e. The first-order chi connectivity index (χ1) is 7.20. The fourth-order valence-corrected chi connectivity index (χ4v) is 2.91. The van der Waals surface area contributed by atoms with Gasteiger partial charge in [-0.25, -0.2) is 0 Å². The summed E-state index contributed by atoms with van der Waals surface area (Å²) < 4.78 is 11.5. The Morgan fingerprint density at radius 2 is 1.80 bits per heavy atom. The van der Waals surface area contributed by atoms with Crippen LogP contribution in [0.5, 0.6) is 0 Å². The predicted molar refractivity (Wildman–Crippen MR) is 69.8 cm³/mol. The van der Waals surface area contributed by atoms with E-state index in [1.165, 1.54) is 12.8 Å². The lowest BCUT2D eigenvalue weighted by molar-refractivity contribution is 0.509. The maximum atomic E-state index is 11.5. The van der Waals surface area contributed by atoms with Crippen molar-refractivity contribution in [2.75, 3.05) is 18.1 Å². The summed E-state index contributed by atoms with van der Waals surface area (Å²) >= 11 is 0. The van der Waals surface area contributed by atoms with Crippen molar-refractivity contribution >= 4 is 10.8 Å². The molecule has 0 aromatic heterocycles. The van der Waals surface area contributed by atoms with Gasteiger partial charge in [-0.15, -0.1) is 0 Å². The van der Waals surface area contributed by atoms with Gasteiger partial charge in [-0.2, -0.15) is 0 Å². The SMILES string of the molecule is CCCCS(=O)CCCCC(C)NCC. The summed E-state index contributed by atoms with van der Waals surface area (Å²) in [5.41, 5.74) is 0. The van der Waals surface area contributed by atoms with Crippen molar-refractivity contribution in [1.29, 1.82) is 0 Å². The first-order valence-corrected chi connectivity index (χ1v) is 7.77. The second-order valence-electron chi connectivity index (χ2n) is 4.16. The lowest BCUT2D eigenvalue weighted by atomic mass is 10.1. The number of nitrogens with one attached hydrogen (secondary N) is 1. The molecule has 15 heavy (non-hydrogen) atoms. The molecule has 0 amide bonds. The Balaban J connectivity index is 3.26. The van der Waals surface area contributed by atoms with Gasteiger partial charge in [-0.1, -0.05) is 26.7 Å². The summed E-state index contributed by atoms with van der Waals surface area (Å²) in [4.78, 5) is 0. The predicted octanol–water partition coefficient (Wildman–Crippen LogP) is 2.70. The van der Waals surface area contributed by atoms with Crippen LogP contribution in [0, 0.1) is 0 Å². The van der Waals surface area contributed by atoms with Gasteiger partial charge in [0, 0.05) is 28.3 Å². The summed E-state index contributed by atoms with van der Waals surface area (Å²) in [6.07, 6.45) is 5.79. The fraction of sp³-hybridized carbons (Fsp3) is 1.00. The first-order valence-electron chi connectivity index (χ1n) is 6.29. The molecule has 3 heteroatoms. The average molecular weight is 233 g/mol. The standard InChI is InChI=1S/C12H27NOS/c1-4-6-10-15(14)11-8-7-9-12(3)13-5-2/h12-13H,4-11H2,1-3H3. The van der Waals surface area contributed by atoms with E-state index in [1.54, 1.807) is 0 Å². The van der Waals surface area contributed by atoms with Crippen molar-refractivity contribution in [1.82, 2.24) is 5.32 Å². The highest BCUT2D eigenvalue weighted by atomic mass is 32.2. The number of rotatable bonds is 10. The summed E-state index contributed by atoms with van der Waals surface area (Å²) in [6, 6.07) is 0.610. The first kappa shape index (κ1) is 15.1. The van der Waals surface area contributed by atoms with E-state index in [0.717, 1.165) is 37.3 Å². The van der Waals surface area contributed by atoms with Crippen LogP contribution in [-0.4, -0.2) is 28.3 Å². The Morgan fingerprint density at radius 3 is 2.40 bits per heavy atom. The van der Waals surface area contributed by atoms with E-state index in [9.17, 15) is 4.21 Å². The molecule has 0 fully saturated rings. The molecule has 0 aliphatic heterocycles. The summed E-state index contributed by atoms with van der Waals surface area (Å²) in [5.74, 6) is 1.80. The zero-order valence-corrected chi connectivity index (χ0v) is 11.4. The molecule has 0 radical (unpaired) electrons. The van der Waals surface area contributed by atoms with Crippen molar-refractivity contribution in [3.05, 3.63) is 0 Å². The van der Waals surface area contributed by atoms with Crippen LogP contribution < -0.4 is 5.32 Å². The second-order valence-corrected chi connectivity index (χ2v) is 5.85. The molecular weight excluding hydrogens is 206 g/mol.